The molecule has 4 amide bonds. The Morgan fingerprint density at radius 2 is 1.72 bits per heavy atom. The molecule has 0 spiro atoms. The number of nitrogens with one attached hydrogen (secondary N) is 1. The maximum absolute atomic E-state index is 13.5. The van der Waals surface area contributed by atoms with Gasteiger partial charge in [0.25, 0.3) is 0 Å². The van der Waals surface area contributed by atoms with Gasteiger partial charge in [-0.05, 0) is 68.6 Å². The minimum absolute atomic E-state index is 0.0518. The van der Waals surface area contributed by atoms with Gasteiger partial charge >= 0.3 is 12.2 Å². The highest BCUT2D eigenvalue weighted by Gasteiger charge is 2.43. The van der Waals surface area contributed by atoms with Crippen molar-refractivity contribution >= 4 is 24.0 Å². The zero-order valence-corrected chi connectivity index (χ0v) is 31.6. The van der Waals surface area contributed by atoms with E-state index in [4.69, 9.17) is 34.2 Å². The predicted molar refractivity (Wildman–Crippen MR) is 187 cm³/mol. The Labute approximate surface area is 297 Å². The summed E-state index contributed by atoms with van der Waals surface area (Å²) in [6.45, 7) is 12.1. The minimum Gasteiger partial charge on any atom is -0.493 e. The van der Waals surface area contributed by atoms with Crippen LogP contribution in [-0.4, -0.2) is 108 Å². The summed E-state index contributed by atoms with van der Waals surface area (Å²) in [5.41, 5.74) is 5.65. The van der Waals surface area contributed by atoms with Crippen LogP contribution < -0.4 is 20.5 Å². The Balaban J connectivity index is 2.34. The van der Waals surface area contributed by atoms with Gasteiger partial charge in [0.2, 0.25) is 18.6 Å². The van der Waals surface area contributed by atoms with E-state index in [9.17, 15) is 19.2 Å². The molecule has 3 N–H and O–H groups in total. The lowest BCUT2D eigenvalue weighted by atomic mass is 9.80. The summed E-state index contributed by atoms with van der Waals surface area (Å²) in [4.78, 5) is 53.4. The van der Waals surface area contributed by atoms with Gasteiger partial charge in [-0.15, -0.1) is 0 Å². The lowest BCUT2D eigenvalue weighted by molar-refractivity contribution is -0.130. The van der Waals surface area contributed by atoms with Crippen LogP contribution in [0.2, 0.25) is 0 Å². The fourth-order valence-corrected chi connectivity index (χ4v) is 5.63. The van der Waals surface area contributed by atoms with Crippen molar-refractivity contribution in [1.29, 1.82) is 0 Å². The molecule has 0 radical (unpaired) electrons. The average molecular weight is 709 g/mol. The molecule has 0 unspecified atom stereocenters. The van der Waals surface area contributed by atoms with Crippen molar-refractivity contribution < 1.29 is 47.6 Å². The number of nitrogens with zero attached hydrogens (tertiary/aromatic N) is 2. The maximum atomic E-state index is 13.5. The number of benzene rings is 1. The zero-order valence-electron chi connectivity index (χ0n) is 31.6. The monoisotopic (exact) mass is 708 g/mol. The van der Waals surface area contributed by atoms with Crippen LogP contribution in [0.5, 0.6) is 11.5 Å². The number of ether oxygens (including phenoxy) is 6. The van der Waals surface area contributed by atoms with Gasteiger partial charge in [-0.25, -0.2) is 9.59 Å². The molecule has 0 saturated carbocycles. The van der Waals surface area contributed by atoms with Gasteiger partial charge in [-0.3, -0.25) is 14.5 Å². The molecule has 1 aromatic carbocycles. The Morgan fingerprint density at radius 1 is 1.02 bits per heavy atom. The molecule has 50 heavy (non-hydrogen) atoms. The molecule has 1 heterocycles. The first-order valence-corrected chi connectivity index (χ1v) is 17.3. The van der Waals surface area contributed by atoms with E-state index in [-0.39, 0.29) is 36.9 Å². The van der Waals surface area contributed by atoms with Gasteiger partial charge in [0, 0.05) is 46.7 Å². The van der Waals surface area contributed by atoms with E-state index in [2.05, 4.69) is 19.2 Å². The van der Waals surface area contributed by atoms with Crippen LogP contribution >= 0.6 is 0 Å². The highest BCUT2D eigenvalue weighted by molar-refractivity contribution is 5.83. The number of carbonyl (C=O) groups excluding carboxylic acids is 4. The third-order valence-electron chi connectivity index (χ3n) is 9.18. The van der Waals surface area contributed by atoms with E-state index in [0.29, 0.717) is 44.0 Å². The summed E-state index contributed by atoms with van der Waals surface area (Å²) in [5, 5.41) is 2.90. The molecule has 14 nitrogen and oxygen atoms in total. The summed E-state index contributed by atoms with van der Waals surface area (Å²) < 4.78 is 33.3. The van der Waals surface area contributed by atoms with Crippen molar-refractivity contribution in [2.75, 3.05) is 61.6 Å². The molecule has 0 bridgehead atoms. The molecule has 1 fully saturated rings. The van der Waals surface area contributed by atoms with E-state index in [0.717, 1.165) is 12.0 Å². The SMILES string of the molecule is COCCCOc1cc(C[C@@H](C[C@H]2[C@H](C[C@H](C(=O)NCC(C)(C)C(N)=O)C(C)C)OCN2C(=O)OCOC(=O)N(C)C)C(C)C)ccc1OC. The first-order valence-electron chi connectivity index (χ1n) is 17.3. The largest absolute Gasteiger partial charge is 0.493 e. The number of carbonyl (C=O) groups is 4. The second-order valence-electron chi connectivity index (χ2n) is 14.4. The Kier molecular flexibility index (Phi) is 17.1. The molecule has 1 aliphatic rings. The summed E-state index contributed by atoms with van der Waals surface area (Å²) in [5.74, 6) is 0.318. The van der Waals surface area contributed by atoms with E-state index in [1.165, 1.54) is 23.9 Å². The van der Waals surface area contributed by atoms with Crippen molar-refractivity contribution in [3.8, 4) is 11.5 Å². The van der Waals surface area contributed by atoms with Gasteiger partial charge in [0.05, 0.1) is 31.3 Å². The van der Waals surface area contributed by atoms with E-state index < -0.39 is 48.4 Å². The van der Waals surface area contributed by atoms with Gasteiger partial charge in [0.15, 0.2) is 11.5 Å². The zero-order chi connectivity index (χ0) is 37.6. The van der Waals surface area contributed by atoms with Gasteiger partial charge in [-0.2, -0.15) is 0 Å². The quantitative estimate of drug-likeness (QED) is 0.146. The number of hydrogen-bond acceptors (Lipinski definition) is 10. The number of rotatable bonds is 20. The third-order valence-corrected chi connectivity index (χ3v) is 9.18. The van der Waals surface area contributed by atoms with Crippen molar-refractivity contribution in [3.05, 3.63) is 23.8 Å². The number of hydrogen-bond donors (Lipinski definition) is 2. The Hall–Kier alpha value is -3.78. The topological polar surface area (TPSA) is 168 Å². The lowest BCUT2D eigenvalue weighted by Gasteiger charge is -2.33. The van der Waals surface area contributed by atoms with Crippen LogP contribution in [-0.2, 0) is 35.0 Å². The lowest BCUT2D eigenvalue weighted by Crippen LogP contribution is -2.47. The maximum Gasteiger partial charge on any atom is 0.414 e. The second-order valence-corrected chi connectivity index (χ2v) is 14.4. The molecule has 0 aliphatic carbocycles. The third kappa shape index (κ3) is 12.8. The van der Waals surface area contributed by atoms with Gasteiger partial charge < -0.3 is 44.4 Å². The van der Waals surface area contributed by atoms with Crippen LogP contribution in [0.4, 0.5) is 9.59 Å². The first-order chi connectivity index (χ1) is 23.5. The van der Waals surface area contributed by atoms with E-state index in [1.54, 1.807) is 28.1 Å². The molecule has 1 aromatic rings. The molecule has 284 valence electrons. The number of methoxy groups -OCH3 is 2. The molecule has 14 heteroatoms. The van der Waals surface area contributed by atoms with Crippen molar-refractivity contribution in [2.24, 2.45) is 34.8 Å². The van der Waals surface area contributed by atoms with E-state index >= 15 is 0 Å². The Morgan fingerprint density at radius 3 is 2.30 bits per heavy atom. The highest BCUT2D eigenvalue weighted by Crippen LogP contribution is 2.36. The summed E-state index contributed by atoms with van der Waals surface area (Å²) in [6, 6.07) is 5.45. The molecule has 0 aromatic heterocycles. The highest BCUT2D eigenvalue weighted by atomic mass is 16.7. The predicted octanol–water partition coefficient (Wildman–Crippen LogP) is 4.42. The van der Waals surface area contributed by atoms with Crippen LogP contribution in [0.3, 0.4) is 0 Å². The van der Waals surface area contributed by atoms with Crippen molar-refractivity contribution in [3.63, 3.8) is 0 Å². The molecule has 1 aliphatic heterocycles. The van der Waals surface area contributed by atoms with Crippen LogP contribution in [0.1, 0.15) is 66.4 Å². The molecule has 4 atom stereocenters. The molecular formula is C36H60N4O10. The average Bonchev–Trinajstić information content (AvgIpc) is 3.45. The first kappa shape index (κ1) is 42.4. The molecular weight excluding hydrogens is 648 g/mol. The summed E-state index contributed by atoms with van der Waals surface area (Å²) in [7, 11) is 6.31. The van der Waals surface area contributed by atoms with Crippen LogP contribution in [0.15, 0.2) is 18.2 Å². The molecule has 1 saturated heterocycles. The fourth-order valence-electron chi connectivity index (χ4n) is 5.63. The van der Waals surface area contributed by atoms with Crippen molar-refractivity contribution in [1.82, 2.24) is 15.1 Å². The second kappa shape index (κ2) is 20.2. The fraction of sp³-hybridized carbons (Fsp3) is 0.722. The van der Waals surface area contributed by atoms with Crippen molar-refractivity contribution in [2.45, 2.75) is 79.4 Å². The number of nitrogens with two attached hydrogens (primary N) is 1. The van der Waals surface area contributed by atoms with Gasteiger partial charge in [-0.1, -0.05) is 33.8 Å². The van der Waals surface area contributed by atoms with E-state index in [1.807, 2.05) is 32.0 Å². The Bertz CT molecular complexity index is 1260. The minimum atomic E-state index is -0.916. The standard InChI is InChI=1S/C36H60N4O10/c1-23(2)26(16-25-12-13-29(46-10)31(17-25)47-15-11-14-45-9)18-28-30(48-21-40(28)35(44)50-22-49-34(43)39(7)8)19-27(24(3)4)32(41)38-20-36(5,6)33(37)42/h12-13,17,23-24,26-28,30H,11,14-16,18-22H2,1-10H3,(H2,37,42)(H,38,41)/t26-,27-,28-,30-/m0/s1. The summed E-state index contributed by atoms with van der Waals surface area (Å²) >= 11 is 0. The summed E-state index contributed by atoms with van der Waals surface area (Å²) in [6.07, 6.45) is 0.474. The van der Waals surface area contributed by atoms with Gasteiger partial charge in [0.1, 0.15) is 6.73 Å². The number of primary amides is 1. The van der Waals surface area contributed by atoms with Crippen LogP contribution in [0.25, 0.3) is 0 Å². The molecule has 2 rings (SSSR count). The number of amides is 4. The smallest absolute Gasteiger partial charge is 0.414 e. The van der Waals surface area contributed by atoms with Crippen LogP contribution in [0, 0.1) is 29.1 Å². The normalized spacial score (nSPS) is 17.3.